The first-order chi connectivity index (χ1) is 11.2. The van der Waals surface area contributed by atoms with Gasteiger partial charge in [-0.15, -0.1) is 11.3 Å². The third-order valence-electron chi connectivity index (χ3n) is 4.61. The molecule has 1 saturated heterocycles. The number of carbonyl (C=O) groups excluding carboxylic acids is 2. The van der Waals surface area contributed by atoms with Gasteiger partial charge in [0.25, 0.3) is 5.91 Å². The summed E-state index contributed by atoms with van der Waals surface area (Å²) in [6.07, 6.45) is 4.84. The first-order valence-electron chi connectivity index (χ1n) is 8.47. The molecule has 1 aromatic heterocycles. The molecule has 0 aromatic carbocycles. The first-order valence-corrected chi connectivity index (χ1v) is 9.35. The van der Waals surface area contributed by atoms with Gasteiger partial charge in [-0.3, -0.25) is 9.59 Å². The molecule has 2 heterocycles. The minimum absolute atomic E-state index is 0.0485. The molecule has 2 amide bonds. The molecule has 2 atom stereocenters. The van der Waals surface area contributed by atoms with Gasteiger partial charge in [0.05, 0.1) is 6.10 Å². The zero-order valence-electron chi connectivity index (χ0n) is 13.5. The number of carbonyl (C=O) groups is 2. The maximum atomic E-state index is 13.0. The Morgan fingerprint density at radius 3 is 2.91 bits per heavy atom. The van der Waals surface area contributed by atoms with Gasteiger partial charge < -0.3 is 15.0 Å². The second kappa shape index (κ2) is 7.45. The largest absolute Gasteiger partial charge is 0.365 e. The summed E-state index contributed by atoms with van der Waals surface area (Å²) < 4.78 is 6.06. The number of piperazine rings is 1. The molecule has 1 N–H and O–H groups in total. The lowest BCUT2D eigenvalue weighted by Gasteiger charge is -2.37. The molecule has 2 aliphatic rings. The molecular formula is C17H24N2O3S. The lowest BCUT2D eigenvalue weighted by Crippen LogP contribution is -2.54. The predicted molar refractivity (Wildman–Crippen MR) is 89.2 cm³/mol. The van der Waals surface area contributed by atoms with Gasteiger partial charge in [0.2, 0.25) is 5.91 Å². The van der Waals surface area contributed by atoms with Gasteiger partial charge in [0.1, 0.15) is 12.1 Å². The Balaban J connectivity index is 1.75. The summed E-state index contributed by atoms with van der Waals surface area (Å²) in [5.74, 6) is -0.143. The van der Waals surface area contributed by atoms with Crippen LogP contribution in [0, 0.1) is 0 Å². The maximum absolute atomic E-state index is 13.0. The Morgan fingerprint density at radius 2 is 2.26 bits per heavy atom. The zero-order chi connectivity index (χ0) is 16.2. The van der Waals surface area contributed by atoms with Crippen LogP contribution in [0.2, 0.25) is 0 Å². The van der Waals surface area contributed by atoms with E-state index in [1.165, 1.54) is 24.2 Å². The zero-order valence-corrected chi connectivity index (χ0v) is 14.3. The summed E-state index contributed by atoms with van der Waals surface area (Å²) in [7, 11) is 0. The topological polar surface area (TPSA) is 58.6 Å². The molecule has 5 nitrogen and oxygen atoms in total. The summed E-state index contributed by atoms with van der Waals surface area (Å²) in [5.41, 5.74) is 0. The third-order valence-corrected chi connectivity index (χ3v) is 5.54. The fourth-order valence-corrected chi connectivity index (χ4v) is 4.24. The lowest BCUT2D eigenvalue weighted by atomic mass is 10.1. The number of ether oxygens (including phenoxy) is 1. The van der Waals surface area contributed by atoms with Crippen LogP contribution >= 0.6 is 11.3 Å². The van der Waals surface area contributed by atoms with E-state index in [1.54, 1.807) is 4.90 Å². The summed E-state index contributed by atoms with van der Waals surface area (Å²) in [6.45, 7) is 3.02. The average Bonchev–Trinajstić information content (AvgIpc) is 3.25. The molecular weight excluding hydrogens is 312 g/mol. The van der Waals surface area contributed by atoms with E-state index in [0.29, 0.717) is 19.5 Å². The Labute approximate surface area is 141 Å². The van der Waals surface area contributed by atoms with Gasteiger partial charge in [0.15, 0.2) is 0 Å². The minimum Gasteiger partial charge on any atom is -0.365 e. The van der Waals surface area contributed by atoms with Crippen molar-refractivity contribution < 1.29 is 14.3 Å². The van der Waals surface area contributed by atoms with E-state index in [0.717, 1.165) is 17.7 Å². The van der Waals surface area contributed by atoms with Crippen LogP contribution in [0.5, 0.6) is 0 Å². The Hall–Kier alpha value is -1.40. The molecule has 1 aliphatic heterocycles. The quantitative estimate of drug-likeness (QED) is 0.899. The van der Waals surface area contributed by atoms with Crippen LogP contribution < -0.4 is 5.32 Å². The van der Waals surface area contributed by atoms with Crippen molar-refractivity contribution in [1.29, 1.82) is 0 Å². The molecule has 3 rings (SSSR count). The van der Waals surface area contributed by atoms with Gasteiger partial charge in [-0.1, -0.05) is 25.8 Å². The fourth-order valence-electron chi connectivity index (χ4n) is 3.40. The number of hydrogen-bond donors (Lipinski definition) is 1. The summed E-state index contributed by atoms with van der Waals surface area (Å²) >= 11 is 1.51. The molecule has 2 fully saturated rings. The number of amides is 2. The van der Waals surface area contributed by atoms with Crippen LogP contribution in [-0.4, -0.2) is 42.0 Å². The van der Waals surface area contributed by atoms with Crippen LogP contribution in [-0.2, 0) is 14.3 Å². The summed E-state index contributed by atoms with van der Waals surface area (Å²) in [4.78, 5) is 27.9. The average molecular weight is 336 g/mol. The van der Waals surface area contributed by atoms with Crippen LogP contribution in [0.25, 0.3) is 0 Å². The number of nitrogens with zero attached hydrogens (tertiary/aromatic N) is 1. The van der Waals surface area contributed by atoms with Crippen molar-refractivity contribution in [2.75, 3.05) is 13.1 Å². The van der Waals surface area contributed by atoms with E-state index in [-0.39, 0.29) is 17.9 Å². The van der Waals surface area contributed by atoms with Gasteiger partial charge in [-0.2, -0.15) is 0 Å². The summed E-state index contributed by atoms with van der Waals surface area (Å²) in [6, 6.07) is 3.31. The molecule has 6 heteroatoms. The van der Waals surface area contributed by atoms with E-state index >= 15 is 0 Å². The Kier molecular flexibility index (Phi) is 5.33. The Bertz CT molecular complexity index is 540. The van der Waals surface area contributed by atoms with Crippen molar-refractivity contribution >= 4 is 23.2 Å². The molecule has 1 aliphatic carbocycles. The van der Waals surface area contributed by atoms with E-state index in [2.05, 4.69) is 5.32 Å². The van der Waals surface area contributed by atoms with Gasteiger partial charge in [-0.05, 0) is 30.7 Å². The third kappa shape index (κ3) is 3.58. The van der Waals surface area contributed by atoms with Crippen molar-refractivity contribution in [3.63, 3.8) is 0 Å². The molecule has 126 valence electrons. The van der Waals surface area contributed by atoms with Crippen LogP contribution in [0.3, 0.4) is 0 Å². The van der Waals surface area contributed by atoms with E-state index in [1.807, 2.05) is 24.4 Å². The molecule has 0 radical (unpaired) electrons. The smallest absolute Gasteiger partial charge is 0.252 e. The minimum atomic E-state index is -0.516. The van der Waals surface area contributed by atoms with Crippen LogP contribution in [0.15, 0.2) is 17.5 Å². The van der Waals surface area contributed by atoms with Crippen molar-refractivity contribution in [3.8, 4) is 0 Å². The van der Waals surface area contributed by atoms with Gasteiger partial charge in [-0.25, -0.2) is 0 Å². The van der Waals surface area contributed by atoms with E-state index in [4.69, 9.17) is 4.74 Å². The van der Waals surface area contributed by atoms with Crippen molar-refractivity contribution in [1.82, 2.24) is 10.2 Å². The first kappa shape index (κ1) is 16.5. The SMILES string of the molecule is CCC(OC1CCCC1)C(=O)N1CCNC(=O)C1c1cccs1. The monoisotopic (exact) mass is 336 g/mol. The molecule has 0 bridgehead atoms. The maximum Gasteiger partial charge on any atom is 0.252 e. The molecule has 23 heavy (non-hydrogen) atoms. The molecule has 0 spiro atoms. The lowest BCUT2D eigenvalue weighted by molar-refractivity contribution is -0.155. The second-order valence-electron chi connectivity index (χ2n) is 6.18. The van der Waals surface area contributed by atoms with E-state index in [9.17, 15) is 9.59 Å². The highest BCUT2D eigenvalue weighted by molar-refractivity contribution is 7.10. The van der Waals surface area contributed by atoms with Crippen LogP contribution in [0.1, 0.15) is 49.9 Å². The van der Waals surface area contributed by atoms with Crippen molar-refractivity contribution in [2.24, 2.45) is 0 Å². The van der Waals surface area contributed by atoms with Crippen molar-refractivity contribution in [3.05, 3.63) is 22.4 Å². The van der Waals surface area contributed by atoms with E-state index < -0.39 is 12.1 Å². The number of nitrogens with one attached hydrogen (secondary N) is 1. The number of hydrogen-bond acceptors (Lipinski definition) is 4. The Morgan fingerprint density at radius 1 is 1.48 bits per heavy atom. The fraction of sp³-hybridized carbons (Fsp3) is 0.647. The normalized spacial score (nSPS) is 23.8. The molecule has 1 saturated carbocycles. The standard InChI is InChI=1S/C17H24N2O3S/c1-2-13(22-12-6-3-4-7-12)17(21)19-10-9-18-16(20)15(19)14-8-5-11-23-14/h5,8,11-13,15H,2-4,6-7,9-10H2,1H3,(H,18,20). The second-order valence-corrected chi connectivity index (χ2v) is 7.16. The van der Waals surface area contributed by atoms with Crippen molar-refractivity contribution in [2.45, 2.75) is 57.3 Å². The predicted octanol–water partition coefficient (Wildman–Crippen LogP) is 2.49. The molecule has 1 aromatic rings. The highest BCUT2D eigenvalue weighted by Crippen LogP contribution is 2.29. The van der Waals surface area contributed by atoms with Gasteiger partial charge >= 0.3 is 0 Å². The number of rotatable bonds is 5. The number of thiophene rings is 1. The highest BCUT2D eigenvalue weighted by Gasteiger charge is 2.38. The molecule has 2 unspecified atom stereocenters. The summed E-state index contributed by atoms with van der Waals surface area (Å²) in [5, 5.41) is 4.81. The highest BCUT2D eigenvalue weighted by atomic mass is 32.1. The van der Waals surface area contributed by atoms with Crippen LogP contribution in [0.4, 0.5) is 0 Å². The van der Waals surface area contributed by atoms with Gasteiger partial charge in [0, 0.05) is 18.0 Å².